The molecule has 1 aliphatic heterocycles. The van der Waals surface area contributed by atoms with Gasteiger partial charge in [0.05, 0.1) is 0 Å². The molecule has 0 unspecified atom stereocenters. The van der Waals surface area contributed by atoms with Crippen LogP contribution in [0.2, 0.25) is 0 Å². The molecule has 1 saturated heterocycles. The summed E-state index contributed by atoms with van der Waals surface area (Å²) in [7, 11) is -3.13. The monoisotopic (exact) mass is 256 g/mol. The molecule has 1 aliphatic rings. The summed E-state index contributed by atoms with van der Waals surface area (Å²) >= 11 is 3.27. The van der Waals surface area contributed by atoms with E-state index < -0.39 is 10.2 Å². The van der Waals surface area contributed by atoms with E-state index in [1.165, 1.54) is 4.31 Å². The van der Waals surface area contributed by atoms with Crippen LogP contribution >= 0.6 is 15.9 Å². The molecule has 72 valence electrons. The first-order valence-electron chi connectivity index (χ1n) is 3.97. The highest BCUT2D eigenvalue weighted by Crippen LogP contribution is 2.06. The molecule has 0 aromatic rings. The van der Waals surface area contributed by atoms with Gasteiger partial charge in [0.1, 0.15) is 0 Å². The molecule has 1 heterocycles. The Kier molecular flexibility index (Phi) is 3.95. The van der Waals surface area contributed by atoms with Crippen LogP contribution in [0.4, 0.5) is 0 Å². The molecule has 0 aromatic heterocycles. The molecule has 0 aromatic carbocycles. The molecular formula is C6H13BrN2O2S. The predicted octanol–water partition coefficient (Wildman–Crippen LogP) is 0.312. The van der Waals surface area contributed by atoms with Crippen LogP contribution in [0.25, 0.3) is 0 Å². The number of hydrogen-bond donors (Lipinski definition) is 1. The summed E-state index contributed by atoms with van der Waals surface area (Å²) in [5.41, 5.74) is 0. The molecule has 0 amide bonds. The summed E-state index contributed by atoms with van der Waals surface area (Å²) < 4.78 is 26.6. The fraction of sp³-hybridized carbons (Fsp3) is 1.00. The summed E-state index contributed by atoms with van der Waals surface area (Å²) in [6.45, 7) is 1.84. The minimum atomic E-state index is -3.13. The number of nitrogens with zero attached hydrogens (tertiary/aromatic N) is 1. The summed E-state index contributed by atoms with van der Waals surface area (Å²) in [5, 5.41) is 0.846. The van der Waals surface area contributed by atoms with Gasteiger partial charge in [-0.1, -0.05) is 15.9 Å². The molecule has 0 saturated carbocycles. The van der Waals surface area contributed by atoms with Gasteiger partial charge in [0, 0.05) is 25.0 Å². The molecule has 0 aliphatic carbocycles. The summed E-state index contributed by atoms with van der Waals surface area (Å²) in [6, 6.07) is 0. The fourth-order valence-corrected chi connectivity index (χ4v) is 2.71. The molecule has 0 atom stereocenters. The minimum absolute atomic E-state index is 0.577. The molecule has 0 bridgehead atoms. The average Bonchev–Trinajstić information content (AvgIpc) is 2.02. The fourth-order valence-electron chi connectivity index (χ4n) is 1.14. The third-order valence-corrected chi connectivity index (χ3v) is 3.92. The Balaban J connectivity index is 2.49. The van der Waals surface area contributed by atoms with Crippen molar-refractivity contribution in [3.8, 4) is 0 Å². The second kappa shape index (κ2) is 4.55. The van der Waals surface area contributed by atoms with Gasteiger partial charge in [-0.15, -0.1) is 0 Å². The highest BCUT2D eigenvalue weighted by Gasteiger charge is 2.23. The van der Waals surface area contributed by atoms with Gasteiger partial charge < -0.3 is 0 Å². The minimum Gasteiger partial charge on any atom is -0.202 e. The summed E-state index contributed by atoms with van der Waals surface area (Å²) in [4.78, 5) is 0. The third kappa shape index (κ3) is 2.69. The van der Waals surface area contributed by atoms with Gasteiger partial charge in [-0.25, -0.2) is 4.72 Å². The van der Waals surface area contributed by atoms with Crippen LogP contribution in [-0.4, -0.2) is 37.7 Å². The number of rotatable bonds is 3. The lowest BCUT2D eigenvalue weighted by Gasteiger charge is -2.26. The van der Waals surface area contributed by atoms with E-state index in [1.54, 1.807) is 0 Å². The second-order valence-electron chi connectivity index (χ2n) is 2.69. The summed E-state index contributed by atoms with van der Waals surface area (Å²) in [5.74, 6) is 0. The maximum atomic E-state index is 11.3. The lowest BCUT2D eigenvalue weighted by Crippen LogP contribution is -2.47. The van der Waals surface area contributed by atoms with Gasteiger partial charge in [0.25, 0.3) is 10.2 Å². The van der Waals surface area contributed by atoms with E-state index in [4.69, 9.17) is 0 Å². The zero-order valence-electron chi connectivity index (χ0n) is 6.79. The van der Waals surface area contributed by atoms with E-state index in [0.29, 0.717) is 19.6 Å². The molecule has 1 rings (SSSR count). The normalized spacial score (nSPS) is 24.1. The third-order valence-electron chi connectivity index (χ3n) is 1.75. The Hall–Kier alpha value is 0.350. The van der Waals surface area contributed by atoms with Gasteiger partial charge in [-0.3, -0.25) is 0 Å². The van der Waals surface area contributed by atoms with Crippen molar-refractivity contribution >= 4 is 26.1 Å². The molecule has 4 nitrogen and oxygen atoms in total. The Morgan fingerprint density at radius 3 is 2.83 bits per heavy atom. The van der Waals surface area contributed by atoms with Crippen molar-refractivity contribution in [3.05, 3.63) is 0 Å². The largest absolute Gasteiger partial charge is 0.279 e. The van der Waals surface area contributed by atoms with Crippen molar-refractivity contribution in [1.29, 1.82) is 0 Å². The zero-order valence-corrected chi connectivity index (χ0v) is 9.20. The van der Waals surface area contributed by atoms with Crippen molar-refractivity contribution in [3.63, 3.8) is 0 Å². The van der Waals surface area contributed by atoms with Crippen molar-refractivity contribution in [2.75, 3.05) is 25.0 Å². The molecule has 1 N–H and O–H groups in total. The molecule has 0 radical (unpaired) electrons. The molecule has 6 heteroatoms. The molecule has 12 heavy (non-hydrogen) atoms. The zero-order chi connectivity index (χ0) is 9.03. The van der Waals surface area contributed by atoms with Crippen LogP contribution in [0, 0.1) is 0 Å². The van der Waals surface area contributed by atoms with Crippen molar-refractivity contribution in [2.24, 2.45) is 0 Å². The lowest BCUT2D eigenvalue weighted by molar-refractivity contribution is 0.375. The van der Waals surface area contributed by atoms with E-state index in [1.807, 2.05) is 0 Å². The quantitative estimate of drug-likeness (QED) is 0.740. The second-order valence-corrected chi connectivity index (χ2v) is 5.24. The first kappa shape index (κ1) is 10.4. The van der Waals surface area contributed by atoms with Gasteiger partial charge >= 0.3 is 0 Å². The van der Waals surface area contributed by atoms with Crippen molar-refractivity contribution in [2.45, 2.75) is 12.8 Å². The highest BCUT2D eigenvalue weighted by atomic mass is 79.9. The van der Waals surface area contributed by atoms with Crippen LogP contribution < -0.4 is 4.72 Å². The van der Waals surface area contributed by atoms with Gasteiger partial charge in [0.15, 0.2) is 0 Å². The van der Waals surface area contributed by atoms with Crippen molar-refractivity contribution < 1.29 is 8.42 Å². The Labute approximate surface area is 81.6 Å². The topological polar surface area (TPSA) is 49.4 Å². The molecule has 1 fully saturated rings. The predicted molar refractivity (Wildman–Crippen MR) is 51.5 cm³/mol. The van der Waals surface area contributed by atoms with Crippen molar-refractivity contribution in [1.82, 2.24) is 9.03 Å². The molecule has 0 spiro atoms. The van der Waals surface area contributed by atoms with Gasteiger partial charge in [0.2, 0.25) is 0 Å². The number of hydrogen-bond acceptors (Lipinski definition) is 2. The van der Waals surface area contributed by atoms with Crippen LogP contribution in [0.3, 0.4) is 0 Å². The van der Waals surface area contributed by atoms with Crippen LogP contribution in [0.1, 0.15) is 12.8 Å². The maximum Gasteiger partial charge on any atom is 0.279 e. The number of halogens is 1. The highest BCUT2D eigenvalue weighted by molar-refractivity contribution is 9.09. The van der Waals surface area contributed by atoms with E-state index in [0.717, 1.165) is 18.2 Å². The standard InChI is InChI=1S/C6H13BrN2O2S/c7-3-1-5-9-6-2-4-8-12(9,10)11/h8H,1-6H2. The Morgan fingerprint density at radius 1 is 1.50 bits per heavy atom. The lowest BCUT2D eigenvalue weighted by atomic mass is 10.4. The average molecular weight is 257 g/mol. The van der Waals surface area contributed by atoms with E-state index in [2.05, 4.69) is 20.7 Å². The smallest absolute Gasteiger partial charge is 0.202 e. The number of nitrogens with one attached hydrogen (secondary N) is 1. The summed E-state index contributed by atoms with van der Waals surface area (Å²) in [6.07, 6.45) is 1.77. The Bertz CT molecular complexity index is 230. The van der Waals surface area contributed by atoms with Gasteiger partial charge in [-0.05, 0) is 12.8 Å². The first-order chi connectivity index (χ1) is 5.67. The van der Waals surface area contributed by atoms with Crippen LogP contribution in [0.5, 0.6) is 0 Å². The molecular weight excluding hydrogens is 244 g/mol. The van der Waals surface area contributed by atoms with E-state index >= 15 is 0 Å². The van der Waals surface area contributed by atoms with Gasteiger partial charge in [-0.2, -0.15) is 12.7 Å². The van der Waals surface area contributed by atoms with E-state index in [9.17, 15) is 8.42 Å². The van der Waals surface area contributed by atoms with Crippen LogP contribution in [-0.2, 0) is 10.2 Å². The van der Waals surface area contributed by atoms with E-state index in [-0.39, 0.29) is 0 Å². The Morgan fingerprint density at radius 2 is 2.25 bits per heavy atom. The van der Waals surface area contributed by atoms with Crippen LogP contribution in [0.15, 0.2) is 0 Å². The SMILES string of the molecule is O=S1(=O)NCCCN1CCCBr. The number of alkyl halides is 1. The maximum absolute atomic E-state index is 11.3. The first-order valence-corrected chi connectivity index (χ1v) is 6.53.